The normalized spacial score (nSPS) is 10.8. The van der Waals surface area contributed by atoms with E-state index in [0.717, 1.165) is 23.2 Å². The van der Waals surface area contributed by atoms with Crippen LogP contribution in [-0.2, 0) is 11.2 Å². The van der Waals surface area contributed by atoms with Crippen LogP contribution in [-0.4, -0.2) is 5.91 Å². The van der Waals surface area contributed by atoms with Crippen LogP contribution in [0.4, 0.5) is 11.4 Å². The third kappa shape index (κ3) is 4.37. The summed E-state index contributed by atoms with van der Waals surface area (Å²) < 4.78 is 0. The molecule has 0 aliphatic carbocycles. The number of nitrogens with one attached hydrogen (secondary N) is 2. The van der Waals surface area contributed by atoms with Crippen molar-refractivity contribution in [2.75, 3.05) is 10.6 Å². The molecule has 0 radical (unpaired) electrons. The van der Waals surface area contributed by atoms with Gasteiger partial charge in [0.05, 0.1) is 0 Å². The molecule has 122 valence electrons. The predicted molar refractivity (Wildman–Crippen MR) is 98.0 cm³/mol. The Bertz CT molecular complexity index is 822. The van der Waals surface area contributed by atoms with Gasteiger partial charge < -0.3 is 10.6 Å². The van der Waals surface area contributed by atoms with Crippen LogP contribution in [0.15, 0.2) is 54.2 Å². The maximum absolute atomic E-state index is 12.2. The molecule has 0 spiro atoms. The highest BCUT2D eigenvalue weighted by molar-refractivity contribution is 6.31. The third-order valence-corrected chi connectivity index (χ3v) is 3.78. The summed E-state index contributed by atoms with van der Waals surface area (Å²) in [6.07, 6.45) is 2.29. The molecule has 0 aliphatic rings. The Balaban J connectivity index is 2.18. The standard InChI is InChI=1S/C19H18ClN3O/c1-3-14-7-4-6-13(2)18(14)22-12-15(11-21)19(24)23-17-9-5-8-16(20)10-17/h4-10,12,22H,3H2,1-2H3,(H,23,24)/b15-12-. The van der Waals surface area contributed by atoms with Crippen LogP contribution in [0.1, 0.15) is 18.1 Å². The fourth-order valence-corrected chi connectivity index (χ4v) is 2.48. The van der Waals surface area contributed by atoms with Gasteiger partial charge in [-0.25, -0.2) is 0 Å². The Kier molecular flexibility index (Phi) is 6.00. The second-order valence-corrected chi connectivity index (χ2v) is 5.68. The summed E-state index contributed by atoms with van der Waals surface area (Å²) in [6.45, 7) is 4.04. The van der Waals surface area contributed by atoms with E-state index in [-0.39, 0.29) is 5.57 Å². The molecule has 0 bridgehead atoms. The van der Waals surface area contributed by atoms with Gasteiger partial charge in [-0.05, 0) is 42.7 Å². The molecule has 4 nitrogen and oxygen atoms in total. The second-order valence-electron chi connectivity index (χ2n) is 5.24. The molecular formula is C19H18ClN3O. The maximum atomic E-state index is 12.2. The van der Waals surface area contributed by atoms with Gasteiger partial charge in [-0.2, -0.15) is 5.26 Å². The van der Waals surface area contributed by atoms with Gasteiger partial charge in [-0.15, -0.1) is 0 Å². The van der Waals surface area contributed by atoms with Gasteiger partial charge in [0.1, 0.15) is 11.6 Å². The minimum Gasteiger partial charge on any atom is -0.360 e. The molecule has 0 saturated heterocycles. The number of amides is 1. The van der Waals surface area contributed by atoms with Crippen molar-refractivity contribution in [3.8, 4) is 6.07 Å². The number of para-hydroxylation sites is 1. The van der Waals surface area contributed by atoms with Crippen molar-refractivity contribution < 1.29 is 4.79 Å². The molecule has 0 atom stereocenters. The molecule has 24 heavy (non-hydrogen) atoms. The summed E-state index contributed by atoms with van der Waals surface area (Å²) >= 11 is 5.89. The second kappa shape index (κ2) is 8.19. The van der Waals surface area contributed by atoms with Crippen molar-refractivity contribution in [1.82, 2.24) is 0 Å². The molecule has 0 aromatic heterocycles. The quantitative estimate of drug-likeness (QED) is 0.614. The van der Waals surface area contributed by atoms with E-state index in [1.807, 2.05) is 31.2 Å². The molecule has 2 aromatic carbocycles. The van der Waals surface area contributed by atoms with Gasteiger partial charge >= 0.3 is 0 Å². The Morgan fingerprint density at radius 1 is 1.29 bits per heavy atom. The number of benzene rings is 2. The minimum absolute atomic E-state index is 0.0136. The predicted octanol–water partition coefficient (Wildman–Crippen LogP) is 4.67. The molecule has 0 unspecified atom stereocenters. The monoisotopic (exact) mass is 339 g/mol. The smallest absolute Gasteiger partial charge is 0.267 e. The first-order chi connectivity index (χ1) is 11.5. The number of carbonyl (C=O) groups excluding carboxylic acids is 1. The fourth-order valence-electron chi connectivity index (χ4n) is 2.29. The Labute approximate surface area is 146 Å². The number of halogens is 1. The number of rotatable bonds is 5. The molecule has 0 saturated carbocycles. The van der Waals surface area contributed by atoms with Crippen molar-refractivity contribution in [1.29, 1.82) is 5.26 Å². The number of hydrogen-bond donors (Lipinski definition) is 2. The van der Waals surface area contributed by atoms with E-state index < -0.39 is 5.91 Å². The molecule has 0 aliphatic heterocycles. The number of hydrogen-bond acceptors (Lipinski definition) is 3. The van der Waals surface area contributed by atoms with Crippen LogP contribution < -0.4 is 10.6 Å². The van der Waals surface area contributed by atoms with E-state index in [1.165, 1.54) is 6.20 Å². The summed E-state index contributed by atoms with van der Waals surface area (Å²) in [7, 11) is 0. The van der Waals surface area contributed by atoms with E-state index in [2.05, 4.69) is 17.6 Å². The van der Waals surface area contributed by atoms with E-state index in [4.69, 9.17) is 11.6 Å². The number of nitriles is 1. The highest BCUT2D eigenvalue weighted by Crippen LogP contribution is 2.21. The summed E-state index contributed by atoms with van der Waals surface area (Å²) in [4.78, 5) is 12.2. The average Bonchev–Trinajstić information content (AvgIpc) is 2.56. The zero-order chi connectivity index (χ0) is 17.5. The number of anilines is 2. The summed E-state index contributed by atoms with van der Waals surface area (Å²) in [5, 5.41) is 15.5. The van der Waals surface area contributed by atoms with Crippen LogP contribution in [0.5, 0.6) is 0 Å². The lowest BCUT2D eigenvalue weighted by atomic mass is 10.1. The minimum atomic E-state index is -0.487. The van der Waals surface area contributed by atoms with Crippen molar-refractivity contribution in [2.45, 2.75) is 20.3 Å². The van der Waals surface area contributed by atoms with E-state index in [9.17, 15) is 10.1 Å². The third-order valence-electron chi connectivity index (χ3n) is 3.55. The van der Waals surface area contributed by atoms with Gasteiger partial charge in [0, 0.05) is 22.6 Å². The fraction of sp³-hybridized carbons (Fsp3) is 0.158. The van der Waals surface area contributed by atoms with Gasteiger partial charge in [0.15, 0.2) is 0 Å². The van der Waals surface area contributed by atoms with Crippen molar-refractivity contribution in [2.24, 2.45) is 0 Å². The molecule has 0 heterocycles. The van der Waals surface area contributed by atoms with Gasteiger partial charge in [0.25, 0.3) is 5.91 Å². The largest absolute Gasteiger partial charge is 0.360 e. The highest BCUT2D eigenvalue weighted by Gasteiger charge is 2.10. The topological polar surface area (TPSA) is 64.9 Å². The molecular weight excluding hydrogens is 322 g/mol. The van der Waals surface area contributed by atoms with Crippen molar-refractivity contribution >= 4 is 28.9 Å². The lowest BCUT2D eigenvalue weighted by Crippen LogP contribution is -2.14. The van der Waals surface area contributed by atoms with Crippen LogP contribution in [0.3, 0.4) is 0 Å². The Morgan fingerprint density at radius 3 is 2.71 bits per heavy atom. The molecule has 5 heteroatoms. The number of aryl methyl sites for hydroxylation is 2. The Morgan fingerprint density at radius 2 is 2.04 bits per heavy atom. The SMILES string of the molecule is CCc1cccc(C)c1N/C=C(/C#N)C(=O)Nc1cccc(Cl)c1. The van der Waals surface area contributed by atoms with Crippen LogP contribution in [0.25, 0.3) is 0 Å². The first kappa shape index (κ1) is 17.6. The summed E-state index contributed by atoms with van der Waals surface area (Å²) in [5.74, 6) is -0.487. The van der Waals surface area contributed by atoms with Gasteiger partial charge in [0.2, 0.25) is 0 Å². The first-order valence-corrected chi connectivity index (χ1v) is 7.95. The zero-order valence-electron chi connectivity index (χ0n) is 13.6. The van der Waals surface area contributed by atoms with Crippen LogP contribution >= 0.6 is 11.6 Å². The van der Waals surface area contributed by atoms with E-state index >= 15 is 0 Å². The van der Waals surface area contributed by atoms with Gasteiger partial charge in [-0.1, -0.05) is 42.8 Å². The van der Waals surface area contributed by atoms with E-state index in [1.54, 1.807) is 24.3 Å². The molecule has 2 rings (SSSR count). The lowest BCUT2D eigenvalue weighted by molar-refractivity contribution is -0.112. The zero-order valence-corrected chi connectivity index (χ0v) is 14.3. The molecule has 2 aromatic rings. The molecule has 0 fully saturated rings. The van der Waals surface area contributed by atoms with Crippen LogP contribution in [0, 0.1) is 18.3 Å². The summed E-state index contributed by atoms with van der Waals surface area (Å²) in [5.41, 5.74) is 3.62. The summed E-state index contributed by atoms with van der Waals surface area (Å²) in [6, 6.07) is 14.7. The number of carbonyl (C=O) groups is 1. The highest BCUT2D eigenvalue weighted by atomic mass is 35.5. The van der Waals surface area contributed by atoms with Crippen molar-refractivity contribution in [3.05, 3.63) is 70.4 Å². The molecule has 1 amide bonds. The van der Waals surface area contributed by atoms with Crippen molar-refractivity contribution in [3.63, 3.8) is 0 Å². The van der Waals surface area contributed by atoms with Gasteiger partial charge in [-0.3, -0.25) is 4.79 Å². The Hall–Kier alpha value is -2.77. The van der Waals surface area contributed by atoms with Crippen LogP contribution in [0.2, 0.25) is 5.02 Å². The van der Waals surface area contributed by atoms with E-state index in [0.29, 0.717) is 10.7 Å². The number of nitrogens with zero attached hydrogens (tertiary/aromatic N) is 1. The molecule has 2 N–H and O–H groups in total. The lowest BCUT2D eigenvalue weighted by Gasteiger charge is -2.11. The average molecular weight is 340 g/mol. The first-order valence-electron chi connectivity index (χ1n) is 7.57. The maximum Gasteiger partial charge on any atom is 0.267 e.